The van der Waals surface area contributed by atoms with E-state index in [2.05, 4.69) is 24.3 Å². The molecule has 0 amide bonds. The highest BCUT2D eigenvalue weighted by atomic mass is 32.2. The van der Waals surface area contributed by atoms with Crippen LogP contribution < -0.4 is 0 Å². The standard InChI is InChI=1S/C21H14O3S2/c1-24-26(22,23)19-12-18-21(16-9-5-4-8-15(16)19)20-14-7-3-2-6-13(14)10-11-17(20)25-18/h2-12H,1H3. The largest absolute Gasteiger partial charge is 0.297 e. The van der Waals surface area contributed by atoms with Crippen LogP contribution in [-0.2, 0) is 14.3 Å². The Balaban J connectivity index is 2.10. The van der Waals surface area contributed by atoms with E-state index in [1.165, 1.54) is 23.3 Å². The molecular weight excluding hydrogens is 364 g/mol. The smallest absolute Gasteiger partial charge is 0.270 e. The first kappa shape index (κ1) is 15.8. The van der Waals surface area contributed by atoms with Crippen LogP contribution >= 0.6 is 11.3 Å². The van der Waals surface area contributed by atoms with Crippen LogP contribution in [0.25, 0.3) is 41.7 Å². The molecule has 5 rings (SSSR count). The van der Waals surface area contributed by atoms with Gasteiger partial charge in [-0.1, -0.05) is 54.6 Å². The molecule has 0 atom stereocenters. The van der Waals surface area contributed by atoms with Gasteiger partial charge in [0.15, 0.2) is 0 Å². The van der Waals surface area contributed by atoms with Gasteiger partial charge in [0.05, 0.1) is 7.11 Å². The minimum atomic E-state index is -3.79. The summed E-state index contributed by atoms with van der Waals surface area (Å²) in [5.74, 6) is 0. The fourth-order valence-corrected chi connectivity index (χ4v) is 5.81. The van der Waals surface area contributed by atoms with Crippen molar-refractivity contribution in [1.82, 2.24) is 0 Å². The molecule has 0 radical (unpaired) electrons. The lowest BCUT2D eigenvalue weighted by Crippen LogP contribution is -2.03. The van der Waals surface area contributed by atoms with E-state index in [-0.39, 0.29) is 4.90 Å². The van der Waals surface area contributed by atoms with E-state index < -0.39 is 10.1 Å². The summed E-state index contributed by atoms with van der Waals surface area (Å²) in [7, 11) is -2.59. The van der Waals surface area contributed by atoms with Crippen molar-refractivity contribution in [3.63, 3.8) is 0 Å². The van der Waals surface area contributed by atoms with Gasteiger partial charge in [-0.3, -0.25) is 4.18 Å². The molecule has 0 saturated heterocycles. The molecule has 0 bridgehead atoms. The van der Waals surface area contributed by atoms with Gasteiger partial charge in [-0.05, 0) is 28.3 Å². The monoisotopic (exact) mass is 378 g/mol. The van der Waals surface area contributed by atoms with Crippen molar-refractivity contribution in [2.24, 2.45) is 0 Å². The van der Waals surface area contributed by atoms with Crippen molar-refractivity contribution in [1.29, 1.82) is 0 Å². The zero-order valence-corrected chi connectivity index (χ0v) is 15.5. The third-order valence-electron chi connectivity index (χ3n) is 4.82. The predicted octanol–water partition coefficient (Wildman–Crippen LogP) is 5.70. The van der Waals surface area contributed by atoms with Gasteiger partial charge in [0.1, 0.15) is 4.90 Å². The summed E-state index contributed by atoms with van der Waals surface area (Å²) in [5, 5.41) is 6.27. The maximum atomic E-state index is 12.5. The average Bonchev–Trinajstić information content (AvgIpc) is 3.06. The van der Waals surface area contributed by atoms with Crippen LogP contribution in [0, 0.1) is 0 Å². The number of benzene rings is 4. The minimum absolute atomic E-state index is 0.221. The highest BCUT2D eigenvalue weighted by Crippen LogP contribution is 2.43. The van der Waals surface area contributed by atoms with E-state index in [0.717, 1.165) is 20.2 Å². The Kier molecular flexibility index (Phi) is 3.34. The van der Waals surface area contributed by atoms with Crippen molar-refractivity contribution in [2.75, 3.05) is 7.11 Å². The number of rotatable bonds is 2. The first-order valence-electron chi connectivity index (χ1n) is 8.16. The summed E-state index contributed by atoms with van der Waals surface area (Å²) in [6, 6.07) is 21.9. The van der Waals surface area contributed by atoms with Gasteiger partial charge in [-0.15, -0.1) is 11.3 Å². The molecule has 0 aliphatic rings. The number of hydrogen-bond acceptors (Lipinski definition) is 4. The molecule has 128 valence electrons. The molecule has 4 aromatic carbocycles. The third kappa shape index (κ3) is 2.11. The number of hydrogen-bond donors (Lipinski definition) is 0. The second-order valence-corrected chi connectivity index (χ2v) is 8.94. The van der Waals surface area contributed by atoms with Gasteiger partial charge >= 0.3 is 0 Å². The first-order valence-corrected chi connectivity index (χ1v) is 10.4. The van der Waals surface area contributed by atoms with Gasteiger partial charge in [0.2, 0.25) is 0 Å². The zero-order chi connectivity index (χ0) is 17.9. The fourth-order valence-electron chi connectivity index (χ4n) is 3.67. The van der Waals surface area contributed by atoms with Crippen LogP contribution in [0.5, 0.6) is 0 Å². The normalized spacial score (nSPS) is 12.5. The molecule has 1 heterocycles. The first-order chi connectivity index (χ1) is 12.6. The molecule has 3 nitrogen and oxygen atoms in total. The predicted molar refractivity (Wildman–Crippen MR) is 109 cm³/mol. The second-order valence-electron chi connectivity index (χ2n) is 6.18. The number of fused-ring (bicyclic) bond motifs is 7. The lowest BCUT2D eigenvalue weighted by atomic mass is 10.00. The van der Waals surface area contributed by atoms with Gasteiger partial charge in [-0.2, -0.15) is 8.42 Å². The minimum Gasteiger partial charge on any atom is -0.270 e. The van der Waals surface area contributed by atoms with E-state index in [1.54, 1.807) is 17.4 Å². The molecule has 0 aliphatic heterocycles. The zero-order valence-electron chi connectivity index (χ0n) is 13.9. The lowest BCUT2D eigenvalue weighted by molar-refractivity contribution is 0.398. The number of thiophene rings is 1. The van der Waals surface area contributed by atoms with Crippen LogP contribution in [0.2, 0.25) is 0 Å². The van der Waals surface area contributed by atoms with E-state index in [4.69, 9.17) is 4.18 Å². The molecule has 0 aliphatic carbocycles. The van der Waals surface area contributed by atoms with E-state index in [1.807, 2.05) is 36.4 Å². The van der Waals surface area contributed by atoms with Crippen LogP contribution in [0.15, 0.2) is 71.6 Å². The Bertz CT molecular complexity index is 1430. The van der Waals surface area contributed by atoms with Crippen LogP contribution in [0.1, 0.15) is 0 Å². The quantitative estimate of drug-likeness (QED) is 0.370. The molecule has 0 fully saturated rings. The van der Waals surface area contributed by atoms with Gasteiger partial charge in [0.25, 0.3) is 10.1 Å². The van der Waals surface area contributed by atoms with Gasteiger partial charge in [0, 0.05) is 25.6 Å². The van der Waals surface area contributed by atoms with E-state index in [0.29, 0.717) is 5.39 Å². The Hall–Kier alpha value is -2.47. The van der Waals surface area contributed by atoms with Crippen molar-refractivity contribution < 1.29 is 12.6 Å². The second kappa shape index (κ2) is 5.51. The third-order valence-corrected chi connectivity index (χ3v) is 7.24. The molecule has 5 aromatic rings. The Labute approximate surface area is 154 Å². The highest BCUT2D eigenvalue weighted by molar-refractivity contribution is 7.87. The fraction of sp³-hybridized carbons (Fsp3) is 0.0476. The summed E-state index contributed by atoms with van der Waals surface area (Å²) < 4.78 is 31.8. The lowest BCUT2D eigenvalue weighted by Gasteiger charge is -2.08. The summed E-state index contributed by atoms with van der Waals surface area (Å²) in [6.07, 6.45) is 0. The Morgan fingerprint density at radius 3 is 2.19 bits per heavy atom. The van der Waals surface area contributed by atoms with E-state index in [9.17, 15) is 8.42 Å². The molecule has 5 heteroatoms. The molecular formula is C21H14O3S2. The SMILES string of the molecule is COS(=O)(=O)c1cc2sc3ccc4ccccc4c3c2c2ccccc12. The summed E-state index contributed by atoms with van der Waals surface area (Å²) in [6.45, 7) is 0. The molecule has 0 spiro atoms. The topological polar surface area (TPSA) is 43.4 Å². The Morgan fingerprint density at radius 1 is 0.769 bits per heavy atom. The van der Waals surface area contributed by atoms with E-state index >= 15 is 0 Å². The summed E-state index contributed by atoms with van der Waals surface area (Å²) >= 11 is 1.61. The summed E-state index contributed by atoms with van der Waals surface area (Å²) in [4.78, 5) is 0.221. The van der Waals surface area contributed by atoms with Crippen LogP contribution in [0.3, 0.4) is 0 Å². The van der Waals surface area contributed by atoms with Gasteiger partial charge in [-0.25, -0.2) is 0 Å². The van der Waals surface area contributed by atoms with Gasteiger partial charge < -0.3 is 0 Å². The van der Waals surface area contributed by atoms with Crippen molar-refractivity contribution in [3.05, 3.63) is 66.7 Å². The van der Waals surface area contributed by atoms with Crippen LogP contribution in [0.4, 0.5) is 0 Å². The molecule has 1 aromatic heterocycles. The van der Waals surface area contributed by atoms with Crippen LogP contribution in [-0.4, -0.2) is 15.5 Å². The molecule has 26 heavy (non-hydrogen) atoms. The highest BCUT2D eigenvalue weighted by Gasteiger charge is 2.21. The average molecular weight is 378 g/mol. The van der Waals surface area contributed by atoms with Crippen molar-refractivity contribution in [2.45, 2.75) is 4.90 Å². The molecule has 0 unspecified atom stereocenters. The maximum Gasteiger partial charge on any atom is 0.297 e. The Morgan fingerprint density at radius 2 is 1.42 bits per heavy atom. The summed E-state index contributed by atoms with van der Waals surface area (Å²) in [5.41, 5.74) is 0. The molecule has 0 saturated carbocycles. The molecule has 0 N–H and O–H groups in total. The van der Waals surface area contributed by atoms with Crippen molar-refractivity contribution in [3.8, 4) is 0 Å². The maximum absolute atomic E-state index is 12.5. The van der Waals surface area contributed by atoms with Crippen molar-refractivity contribution >= 4 is 63.2 Å².